The Bertz CT molecular complexity index is 1090. The van der Waals surface area contributed by atoms with E-state index < -0.39 is 17.8 Å². The van der Waals surface area contributed by atoms with E-state index in [0.717, 1.165) is 25.9 Å². The number of likely N-dealkylation sites (tertiary alicyclic amines) is 1. The highest BCUT2D eigenvalue weighted by atomic mass is 35.5. The Morgan fingerprint density at radius 1 is 1.06 bits per heavy atom. The van der Waals surface area contributed by atoms with Gasteiger partial charge in [0, 0.05) is 12.7 Å². The number of halogens is 7. The lowest BCUT2D eigenvalue weighted by Gasteiger charge is -2.16. The number of carbonyl (C=O) groups excluding carboxylic acids is 1. The minimum Gasteiger partial charge on any atom is -0.319 e. The zero-order valence-corrected chi connectivity index (χ0v) is 19.6. The van der Waals surface area contributed by atoms with Gasteiger partial charge in [0.05, 0.1) is 27.0 Å². The Hall–Kier alpha value is -1.71. The highest BCUT2D eigenvalue weighted by molar-refractivity contribution is 6.40. The van der Waals surface area contributed by atoms with Gasteiger partial charge < -0.3 is 9.72 Å². The second kappa shape index (κ2) is 10.5. The topological polar surface area (TPSA) is 49.6 Å². The van der Waals surface area contributed by atoms with Crippen molar-refractivity contribution in [1.29, 1.82) is 0 Å². The summed E-state index contributed by atoms with van der Waals surface area (Å²) >= 11 is 12.1. The molecule has 174 valence electrons. The molecular formula is C20H19Cl4F3N4O. The van der Waals surface area contributed by atoms with Crippen LogP contribution in [0.15, 0.2) is 36.5 Å². The van der Waals surface area contributed by atoms with Crippen LogP contribution in [0.5, 0.6) is 0 Å². The van der Waals surface area contributed by atoms with Crippen LogP contribution in [0.4, 0.5) is 18.9 Å². The third kappa shape index (κ3) is 5.26. The number of hydrogen-bond donors (Lipinski definition) is 1. The molecule has 1 aromatic carbocycles. The lowest BCUT2D eigenvalue weighted by molar-refractivity contribution is -0.141. The van der Waals surface area contributed by atoms with Gasteiger partial charge in [-0.3, -0.25) is 9.69 Å². The summed E-state index contributed by atoms with van der Waals surface area (Å²) in [6.45, 7) is 1.61. The van der Waals surface area contributed by atoms with E-state index in [1.54, 1.807) is 12.1 Å². The zero-order chi connectivity index (χ0) is 21.5. The fraction of sp³-hybridized carbons (Fsp3) is 0.300. The Kier molecular flexibility index (Phi) is 8.69. The van der Waals surface area contributed by atoms with Crippen molar-refractivity contribution in [2.24, 2.45) is 0 Å². The molecule has 2 aromatic heterocycles. The summed E-state index contributed by atoms with van der Waals surface area (Å²) < 4.78 is 42.5. The number of pyridine rings is 1. The maximum absolute atomic E-state index is 13.7. The molecule has 5 nitrogen and oxygen atoms in total. The molecular weight excluding hydrogens is 511 g/mol. The van der Waals surface area contributed by atoms with Gasteiger partial charge in [-0.05, 0) is 50.2 Å². The van der Waals surface area contributed by atoms with Gasteiger partial charge in [0.1, 0.15) is 0 Å². The van der Waals surface area contributed by atoms with Crippen LogP contribution < -0.4 is 5.32 Å². The average Bonchev–Trinajstić information content (AvgIpc) is 3.30. The van der Waals surface area contributed by atoms with Crippen LogP contribution in [-0.4, -0.2) is 33.3 Å². The van der Waals surface area contributed by atoms with Gasteiger partial charge in [-0.2, -0.15) is 13.2 Å². The molecule has 1 N–H and O–H groups in total. The number of aromatic nitrogens is 2. The van der Waals surface area contributed by atoms with E-state index in [2.05, 4.69) is 10.3 Å². The van der Waals surface area contributed by atoms with E-state index in [1.165, 1.54) is 28.8 Å². The number of anilines is 1. The third-order valence-corrected chi connectivity index (χ3v) is 5.66. The summed E-state index contributed by atoms with van der Waals surface area (Å²) in [7, 11) is 0. The molecule has 0 radical (unpaired) electrons. The highest BCUT2D eigenvalue weighted by Gasteiger charge is 2.38. The number of benzene rings is 1. The molecule has 3 heterocycles. The molecule has 4 rings (SSSR count). The number of alkyl halides is 3. The van der Waals surface area contributed by atoms with E-state index in [-0.39, 0.29) is 64.0 Å². The molecule has 0 aliphatic carbocycles. The molecule has 0 unspecified atom stereocenters. The van der Waals surface area contributed by atoms with Gasteiger partial charge in [-0.25, -0.2) is 4.98 Å². The van der Waals surface area contributed by atoms with Crippen molar-refractivity contribution >= 4 is 65.3 Å². The monoisotopic (exact) mass is 528 g/mol. The number of fused-ring (bicyclic) bond motifs is 1. The van der Waals surface area contributed by atoms with Gasteiger partial charge in [0.15, 0.2) is 11.3 Å². The first-order valence-electron chi connectivity index (χ1n) is 9.30. The molecule has 0 bridgehead atoms. The summed E-state index contributed by atoms with van der Waals surface area (Å²) in [6.07, 6.45) is -1.19. The second-order valence-electron chi connectivity index (χ2n) is 7.05. The minimum absolute atomic E-state index is 0. The number of nitrogens with one attached hydrogen (secondary N) is 1. The molecule has 1 amide bonds. The molecule has 0 saturated carbocycles. The van der Waals surface area contributed by atoms with Crippen LogP contribution in [0.1, 0.15) is 34.6 Å². The number of rotatable bonds is 4. The Morgan fingerprint density at radius 2 is 1.69 bits per heavy atom. The maximum Gasteiger partial charge on any atom is 0.435 e. The SMILES string of the molecule is Cl.Cl.O=C(Nc1cccn2c(CN3CCCC3)c(C(F)(F)F)nc12)c1c(Cl)cccc1Cl. The molecule has 1 fully saturated rings. The largest absolute Gasteiger partial charge is 0.435 e. The van der Waals surface area contributed by atoms with Gasteiger partial charge in [-0.15, -0.1) is 24.8 Å². The smallest absolute Gasteiger partial charge is 0.319 e. The van der Waals surface area contributed by atoms with E-state index in [9.17, 15) is 18.0 Å². The predicted octanol–water partition coefficient (Wildman–Crippen LogP) is 6.35. The Labute approximate surface area is 204 Å². The average molecular weight is 530 g/mol. The number of carbonyl (C=O) groups is 1. The van der Waals surface area contributed by atoms with Crippen LogP contribution in [-0.2, 0) is 12.7 Å². The molecule has 32 heavy (non-hydrogen) atoms. The minimum atomic E-state index is -4.62. The van der Waals surface area contributed by atoms with Crippen LogP contribution >= 0.6 is 48.0 Å². The van der Waals surface area contributed by atoms with E-state index in [0.29, 0.717) is 0 Å². The van der Waals surface area contributed by atoms with Crippen molar-refractivity contribution in [1.82, 2.24) is 14.3 Å². The van der Waals surface area contributed by atoms with Crippen LogP contribution in [0.2, 0.25) is 10.0 Å². The number of hydrogen-bond acceptors (Lipinski definition) is 3. The fourth-order valence-electron chi connectivity index (χ4n) is 3.64. The van der Waals surface area contributed by atoms with E-state index in [1.807, 2.05) is 4.90 Å². The number of amides is 1. The Balaban J connectivity index is 0.00000181. The molecule has 1 aliphatic heterocycles. The molecule has 12 heteroatoms. The van der Waals surface area contributed by atoms with Crippen molar-refractivity contribution in [2.45, 2.75) is 25.6 Å². The predicted molar refractivity (Wildman–Crippen MR) is 124 cm³/mol. The van der Waals surface area contributed by atoms with E-state index in [4.69, 9.17) is 23.2 Å². The van der Waals surface area contributed by atoms with Crippen molar-refractivity contribution < 1.29 is 18.0 Å². The number of nitrogens with zero attached hydrogens (tertiary/aromatic N) is 3. The van der Waals surface area contributed by atoms with Crippen LogP contribution in [0.25, 0.3) is 5.65 Å². The second-order valence-corrected chi connectivity index (χ2v) is 7.87. The van der Waals surface area contributed by atoms with Gasteiger partial charge in [0.25, 0.3) is 5.91 Å². The molecule has 0 spiro atoms. The molecule has 1 aliphatic rings. The normalized spacial score (nSPS) is 14.2. The van der Waals surface area contributed by atoms with Crippen LogP contribution in [0.3, 0.4) is 0 Å². The van der Waals surface area contributed by atoms with Crippen molar-refractivity contribution in [3.05, 3.63) is 63.5 Å². The van der Waals surface area contributed by atoms with Gasteiger partial charge >= 0.3 is 6.18 Å². The van der Waals surface area contributed by atoms with Gasteiger partial charge in [-0.1, -0.05) is 29.3 Å². The summed E-state index contributed by atoms with van der Waals surface area (Å²) in [5, 5.41) is 2.88. The summed E-state index contributed by atoms with van der Waals surface area (Å²) in [5.41, 5.74) is -0.715. The first kappa shape index (κ1) is 26.5. The third-order valence-electron chi connectivity index (χ3n) is 5.03. The summed E-state index contributed by atoms with van der Waals surface area (Å²) in [4.78, 5) is 18.5. The van der Waals surface area contributed by atoms with E-state index >= 15 is 0 Å². The first-order chi connectivity index (χ1) is 14.3. The van der Waals surface area contributed by atoms with Crippen molar-refractivity contribution in [3.8, 4) is 0 Å². The summed E-state index contributed by atoms with van der Waals surface area (Å²) in [5.74, 6) is -0.628. The highest BCUT2D eigenvalue weighted by Crippen LogP contribution is 2.35. The molecule has 3 aromatic rings. The quantitative estimate of drug-likeness (QED) is 0.428. The lowest BCUT2D eigenvalue weighted by atomic mass is 10.2. The molecule has 1 saturated heterocycles. The Morgan fingerprint density at radius 3 is 2.28 bits per heavy atom. The lowest BCUT2D eigenvalue weighted by Crippen LogP contribution is -2.22. The number of imidazole rings is 1. The fourth-order valence-corrected chi connectivity index (χ4v) is 4.21. The zero-order valence-electron chi connectivity index (χ0n) is 16.5. The first-order valence-corrected chi connectivity index (χ1v) is 10.1. The van der Waals surface area contributed by atoms with Crippen LogP contribution in [0, 0.1) is 0 Å². The van der Waals surface area contributed by atoms with Crippen molar-refractivity contribution in [2.75, 3.05) is 18.4 Å². The van der Waals surface area contributed by atoms with Gasteiger partial charge in [0.2, 0.25) is 0 Å². The molecule has 0 atom stereocenters. The summed E-state index contributed by atoms with van der Waals surface area (Å²) in [6, 6.07) is 7.66. The van der Waals surface area contributed by atoms with Crippen molar-refractivity contribution in [3.63, 3.8) is 0 Å². The maximum atomic E-state index is 13.7. The standard InChI is InChI=1S/C20H17Cl2F3N4O.2ClH/c21-12-5-3-6-13(22)16(12)19(30)26-14-7-4-10-29-15(11-28-8-1-2-9-28)17(20(23,24)25)27-18(14)29;;/h3-7,10H,1-2,8-9,11H2,(H,26,30);2*1H.